The lowest BCUT2D eigenvalue weighted by Gasteiger charge is -2.08. The Morgan fingerprint density at radius 3 is 2.60 bits per heavy atom. The monoisotopic (exact) mass is 231 g/mol. The molecular formula is C9H13NO4S. The number of methoxy groups -OCH3 is 1. The van der Waals surface area contributed by atoms with Crippen molar-refractivity contribution in [3.8, 4) is 5.75 Å². The number of rotatable bonds is 4. The summed E-state index contributed by atoms with van der Waals surface area (Å²) >= 11 is 0. The van der Waals surface area contributed by atoms with Crippen molar-refractivity contribution in [1.82, 2.24) is 0 Å². The zero-order valence-electron chi connectivity index (χ0n) is 8.56. The smallest absolute Gasteiger partial charge is 0.333 e. The van der Waals surface area contributed by atoms with Crippen molar-refractivity contribution in [2.75, 3.05) is 7.11 Å². The molecule has 5 nitrogen and oxygen atoms in total. The first-order chi connectivity index (χ1) is 6.92. The van der Waals surface area contributed by atoms with Gasteiger partial charge in [-0.2, -0.15) is 8.42 Å². The van der Waals surface area contributed by atoms with Crippen LogP contribution in [0.3, 0.4) is 0 Å². The third kappa shape index (κ3) is 3.86. The van der Waals surface area contributed by atoms with Gasteiger partial charge in [0.1, 0.15) is 5.75 Å². The van der Waals surface area contributed by atoms with Crippen molar-refractivity contribution in [2.24, 2.45) is 5.14 Å². The largest absolute Gasteiger partial charge is 0.496 e. The molecule has 0 saturated heterocycles. The first kappa shape index (κ1) is 12.0. The van der Waals surface area contributed by atoms with Gasteiger partial charge in [0.05, 0.1) is 13.7 Å². The van der Waals surface area contributed by atoms with Gasteiger partial charge in [-0.05, 0) is 13.0 Å². The van der Waals surface area contributed by atoms with Crippen molar-refractivity contribution in [3.05, 3.63) is 29.3 Å². The Kier molecular flexibility index (Phi) is 3.67. The second-order valence-electron chi connectivity index (χ2n) is 3.07. The van der Waals surface area contributed by atoms with E-state index in [1.54, 1.807) is 12.1 Å². The number of hydrogen-bond acceptors (Lipinski definition) is 4. The Morgan fingerprint density at radius 2 is 2.07 bits per heavy atom. The Hall–Kier alpha value is -1.11. The van der Waals surface area contributed by atoms with Gasteiger partial charge in [-0.1, -0.05) is 17.7 Å². The Bertz CT molecular complexity index is 441. The molecule has 0 amide bonds. The molecular weight excluding hydrogens is 218 g/mol. The van der Waals surface area contributed by atoms with Gasteiger partial charge in [-0.25, -0.2) is 5.14 Å². The molecule has 0 spiro atoms. The molecule has 0 bridgehead atoms. The maximum absolute atomic E-state index is 10.6. The molecule has 6 heteroatoms. The standard InChI is InChI=1S/C9H13NO4S/c1-7-3-4-9(13-2)8(5-7)6-14-15(10,11)12/h3-5H,6H2,1-2H3,(H2,10,11,12). The van der Waals surface area contributed by atoms with E-state index >= 15 is 0 Å². The molecule has 0 atom stereocenters. The highest BCUT2D eigenvalue weighted by atomic mass is 32.2. The van der Waals surface area contributed by atoms with Crippen molar-refractivity contribution in [1.29, 1.82) is 0 Å². The summed E-state index contributed by atoms with van der Waals surface area (Å²) in [5.41, 5.74) is 1.63. The fourth-order valence-electron chi connectivity index (χ4n) is 1.17. The zero-order chi connectivity index (χ0) is 11.5. The summed E-state index contributed by atoms with van der Waals surface area (Å²) in [5, 5.41) is 4.72. The summed E-state index contributed by atoms with van der Waals surface area (Å²) in [4.78, 5) is 0. The lowest BCUT2D eigenvalue weighted by atomic mass is 10.1. The molecule has 1 aromatic rings. The molecule has 0 aromatic heterocycles. The minimum Gasteiger partial charge on any atom is -0.496 e. The van der Waals surface area contributed by atoms with E-state index in [4.69, 9.17) is 9.88 Å². The molecule has 0 heterocycles. The topological polar surface area (TPSA) is 78.6 Å². The quantitative estimate of drug-likeness (QED) is 0.828. The number of aryl methyl sites for hydroxylation is 1. The average molecular weight is 231 g/mol. The fraction of sp³-hybridized carbons (Fsp3) is 0.333. The number of ether oxygens (including phenoxy) is 1. The molecule has 0 saturated carbocycles. The predicted molar refractivity (Wildman–Crippen MR) is 55.6 cm³/mol. The van der Waals surface area contributed by atoms with Crippen LogP contribution >= 0.6 is 0 Å². The molecule has 0 aliphatic heterocycles. The van der Waals surface area contributed by atoms with E-state index in [0.717, 1.165) is 5.56 Å². The van der Waals surface area contributed by atoms with E-state index in [2.05, 4.69) is 4.18 Å². The van der Waals surface area contributed by atoms with E-state index in [0.29, 0.717) is 11.3 Å². The molecule has 0 radical (unpaired) electrons. The van der Waals surface area contributed by atoms with Crippen LogP contribution in [0.2, 0.25) is 0 Å². The summed E-state index contributed by atoms with van der Waals surface area (Å²) in [5.74, 6) is 0.573. The van der Waals surface area contributed by atoms with E-state index in [9.17, 15) is 8.42 Å². The maximum Gasteiger partial charge on any atom is 0.333 e. The summed E-state index contributed by atoms with van der Waals surface area (Å²) in [6.45, 7) is 1.77. The van der Waals surface area contributed by atoms with Gasteiger partial charge in [-0.3, -0.25) is 4.18 Å². The van der Waals surface area contributed by atoms with Gasteiger partial charge in [0.2, 0.25) is 0 Å². The lowest BCUT2D eigenvalue weighted by Crippen LogP contribution is -2.15. The highest BCUT2D eigenvalue weighted by molar-refractivity contribution is 7.84. The van der Waals surface area contributed by atoms with Crippen LogP contribution in [-0.2, 0) is 21.1 Å². The number of benzene rings is 1. The molecule has 84 valence electrons. The summed E-state index contributed by atoms with van der Waals surface area (Å²) < 4.78 is 30.7. The van der Waals surface area contributed by atoms with Crippen molar-refractivity contribution in [2.45, 2.75) is 13.5 Å². The van der Waals surface area contributed by atoms with Crippen molar-refractivity contribution >= 4 is 10.3 Å². The third-order valence-electron chi connectivity index (χ3n) is 1.81. The van der Waals surface area contributed by atoms with Crippen LogP contribution < -0.4 is 9.88 Å². The molecule has 15 heavy (non-hydrogen) atoms. The van der Waals surface area contributed by atoms with Gasteiger partial charge < -0.3 is 4.74 Å². The number of hydrogen-bond donors (Lipinski definition) is 1. The summed E-state index contributed by atoms with van der Waals surface area (Å²) in [7, 11) is -2.41. The molecule has 1 rings (SSSR count). The van der Waals surface area contributed by atoms with Crippen LogP contribution in [0.5, 0.6) is 5.75 Å². The van der Waals surface area contributed by atoms with Crippen molar-refractivity contribution < 1.29 is 17.3 Å². The fourth-order valence-corrected chi connectivity index (χ4v) is 1.46. The molecule has 0 aliphatic carbocycles. The minimum absolute atomic E-state index is 0.121. The van der Waals surface area contributed by atoms with Crippen LogP contribution in [0, 0.1) is 6.92 Å². The molecule has 0 aliphatic rings. The van der Waals surface area contributed by atoms with Gasteiger partial charge in [0.25, 0.3) is 0 Å². The third-order valence-corrected chi connectivity index (χ3v) is 2.26. The van der Waals surface area contributed by atoms with E-state index in [-0.39, 0.29) is 6.61 Å². The van der Waals surface area contributed by atoms with Gasteiger partial charge in [0, 0.05) is 5.56 Å². The Balaban J connectivity index is 2.88. The normalized spacial score (nSPS) is 11.4. The van der Waals surface area contributed by atoms with Crippen LogP contribution in [-0.4, -0.2) is 15.5 Å². The average Bonchev–Trinajstić information content (AvgIpc) is 2.14. The SMILES string of the molecule is COc1ccc(C)cc1COS(N)(=O)=O. The minimum atomic E-state index is -3.92. The highest BCUT2D eigenvalue weighted by Crippen LogP contribution is 2.20. The lowest BCUT2D eigenvalue weighted by molar-refractivity contribution is 0.299. The van der Waals surface area contributed by atoms with Crippen LogP contribution in [0.1, 0.15) is 11.1 Å². The molecule has 0 unspecified atom stereocenters. The maximum atomic E-state index is 10.6. The van der Waals surface area contributed by atoms with Crippen LogP contribution in [0.15, 0.2) is 18.2 Å². The highest BCUT2D eigenvalue weighted by Gasteiger charge is 2.07. The molecule has 2 N–H and O–H groups in total. The van der Waals surface area contributed by atoms with Crippen molar-refractivity contribution in [3.63, 3.8) is 0 Å². The van der Waals surface area contributed by atoms with Crippen LogP contribution in [0.25, 0.3) is 0 Å². The Labute approximate surface area is 89.1 Å². The van der Waals surface area contributed by atoms with E-state index < -0.39 is 10.3 Å². The zero-order valence-corrected chi connectivity index (χ0v) is 9.37. The van der Waals surface area contributed by atoms with Gasteiger partial charge in [0.15, 0.2) is 0 Å². The van der Waals surface area contributed by atoms with Crippen LogP contribution in [0.4, 0.5) is 0 Å². The summed E-state index contributed by atoms with van der Waals surface area (Å²) in [6, 6.07) is 5.39. The second kappa shape index (κ2) is 4.61. The second-order valence-corrected chi connectivity index (χ2v) is 4.29. The summed E-state index contributed by atoms with van der Waals surface area (Å²) in [6.07, 6.45) is 0. The van der Waals surface area contributed by atoms with E-state index in [1.165, 1.54) is 7.11 Å². The first-order valence-electron chi connectivity index (χ1n) is 4.23. The molecule has 1 aromatic carbocycles. The first-order valence-corrected chi connectivity index (χ1v) is 5.70. The van der Waals surface area contributed by atoms with Gasteiger partial charge >= 0.3 is 10.3 Å². The van der Waals surface area contributed by atoms with Gasteiger partial charge in [-0.15, -0.1) is 0 Å². The van der Waals surface area contributed by atoms with E-state index in [1.807, 2.05) is 13.0 Å². The molecule has 0 fully saturated rings. The Morgan fingerprint density at radius 1 is 1.40 bits per heavy atom. The predicted octanol–water partition coefficient (Wildman–Crippen LogP) is 0.724. The number of nitrogens with two attached hydrogens (primary N) is 1.